The van der Waals surface area contributed by atoms with Crippen LogP contribution in [0.5, 0.6) is 5.75 Å². The minimum atomic E-state index is -0.958. The Balaban J connectivity index is 1.79. The van der Waals surface area contributed by atoms with Gasteiger partial charge in [-0.15, -0.1) is 0 Å². The van der Waals surface area contributed by atoms with E-state index in [9.17, 15) is 14.4 Å². The Labute approximate surface area is 153 Å². The molecule has 3 amide bonds. The highest BCUT2D eigenvalue weighted by Crippen LogP contribution is 2.34. The molecule has 1 atom stereocenters. The largest absolute Gasteiger partial charge is 0.477 e. The van der Waals surface area contributed by atoms with Gasteiger partial charge in [-0.05, 0) is 69.2 Å². The molecule has 3 rings (SSSR count). The normalized spacial score (nSPS) is 22.5. The molecule has 1 heterocycles. The number of nitrogens with one attached hydrogen (secondary N) is 2. The quantitative estimate of drug-likeness (QED) is 0.809. The zero-order valence-electron chi connectivity index (χ0n) is 15.4. The van der Waals surface area contributed by atoms with E-state index >= 15 is 0 Å². The molecule has 0 bridgehead atoms. The predicted octanol–water partition coefficient (Wildman–Crippen LogP) is 2.31. The predicted molar refractivity (Wildman–Crippen MR) is 96.7 cm³/mol. The van der Waals surface area contributed by atoms with Crippen molar-refractivity contribution in [2.75, 3.05) is 0 Å². The highest BCUT2D eigenvalue weighted by Gasteiger charge is 2.44. The number of amides is 3. The van der Waals surface area contributed by atoms with Crippen LogP contribution in [-0.4, -0.2) is 29.4 Å². The Morgan fingerprint density at radius 3 is 2.38 bits per heavy atom. The van der Waals surface area contributed by atoms with Crippen molar-refractivity contribution in [3.8, 4) is 5.75 Å². The molecule has 0 aromatic heterocycles. The van der Waals surface area contributed by atoms with E-state index in [-0.39, 0.29) is 18.2 Å². The number of hydrogen-bond acceptors (Lipinski definition) is 4. The van der Waals surface area contributed by atoms with Gasteiger partial charge in [0.05, 0.1) is 0 Å². The number of benzene rings is 1. The standard InChI is InChI=1S/C20H26N2O4/c1-13-10-14(2)12-15(11-13)26-20(8-4-3-5-9-20)19(25)21-16-6-7-17(23)22-18(16)24/h10-12,16H,3-9H2,1-2H3,(H,21,25)(H,22,23,24). The fraction of sp³-hybridized carbons (Fsp3) is 0.550. The molecule has 1 unspecified atom stereocenters. The van der Waals surface area contributed by atoms with Crippen LogP contribution in [0.25, 0.3) is 0 Å². The number of imide groups is 1. The second-order valence-electron chi connectivity index (χ2n) is 7.46. The summed E-state index contributed by atoms with van der Waals surface area (Å²) in [7, 11) is 0. The molecular weight excluding hydrogens is 332 g/mol. The summed E-state index contributed by atoms with van der Waals surface area (Å²) in [6.45, 7) is 3.99. The van der Waals surface area contributed by atoms with Crippen LogP contribution in [0, 0.1) is 13.8 Å². The first kappa shape index (κ1) is 18.4. The van der Waals surface area contributed by atoms with E-state index in [0.29, 0.717) is 25.0 Å². The molecule has 0 radical (unpaired) electrons. The lowest BCUT2D eigenvalue weighted by molar-refractivity contribution is -0.145. The van der Waals surface area contributed by atoms with E-state index in [4.69, 9.17) is 4.74 Å². The number of carbonyl (C=O) groups excluding carboxylic acids is 3. The summed E-state index contributed by atoms with van der Waals surface area (Å²) in [6.07, 6.45) is 4.71. The lowest BCUT2D eigenvalue weighted by Gasteiger charge is -2.37. The molecular formula is C20H26N2O4. The third-order valence-electron chi connectivity index (χ3n) is 5.13. The van der Waals surface area contributed by atoms with E-state index in [2.05, 4.69) is 16.7 Å². The van der Waals surface area contributed by atoms with Crippen LogP contribution >= 0.6 is 0 Å². The van der Waals surface area contributed by atoms with Crippen molar-refractivity contribution in [1.29, 1.82) is 0 Å². The van der Waals surface area contributed by atoms with Crippen LogP contribution in [0.2, 0.25) is 0 Å². The van der Waals surface area contributed by atoms with Crippen LogP contribution < -0.4 is 15.4 Å². The molecule has 0 spiro atoms. The van der Waals surface area contributed by atoms with Gasteiger partial charge in [-0.3, -0.25) is 19.7 Å². The van der Waals surface area contributed by atoms with Gasteiger partial charge >= 0.3 is 0 Å². The molecule has 1 aromatic carbocycles. The maximum Gasteiger partial charge on any atom is 0.264 e. The fourth-order valence-electron chi connectivity index (χ4n) is 3.84. The summed E-state index contributed by atoms with van der Waals surface area (Å²) >= 11 is 0. The highest BCUT2D eigenvalue weighted by atomic mass is 16.5. The first-order valence-electron chi connectivity index (χ1n) is 9.30. The lowest BCUT2D eigenvalue weighted by atomic mass is 9.83. The number of ether oxygens (including phenoxy) is 1. The van der Waals surface area contributed by atoms with Crippen LogP contribution in [0.1, 0.15) is 56.1 Å². The van der Waals surface area contributed by atoms with Gasteiger partial charge in [-0.2, -0.15) is 0 Å². The Hall–Kier alpha value is -2.37. The first-order valence-corrected chi connectivity index (χ1v) is 9.30. The molecule has 6 nitrogen and oxygen atoms in total. The molecule has 2 aliphatic rings. The van der Waals surface area contributed by atoms with E-state index in [0.717, 1.165) is 30.4 Å². The monoisotopic (exact) mass is 358 g/mol. The van der Waals surface area contributed by atoms with E-state index < -0.39 is 17.6 Å². The molecule has 1 aliphatic carbocycles. The molecule has 1 saturated heterocycles. The average molecular weight is 358 g/mol. The van der Waals surface area contributed by atoms with Crippen LogP contribution in [-0.2, 0) is 14.4 Å². The molecule has 6 heteroatoms. The minimum absolute atomic E-state index is 0.238. The molecule has 2 N–H and O–H groups in total. The van der Waals surface area contributed by atoms with Gasteiger partial charge in [-0.1, -0.05) is 12.5 Å². The van der Waals surface area contributed by atoms with Crippen molar-refractivity contribution in [3.05, 3.63) is 29.3 Å². The van der Waals surface area contributed by atoms with Crippen LogP contribution in [0.3, 0.4) is 0 Å². The Kier molecular flexibility index (Phi) is 5.30. The number of carbonyl (C=O) groups is 3. The van der Waals surface area contributed by atoms with Crippen molar-refractivity contribution in [3.63, 3.8) is 0 Å². The Morgan fingerprint density at radius 1 is 1.12 bits per heavy atom. The van der Waals surface area contributed by atoms with Gasteiger partial charge in [-0.25, -0.2) is 0 Å². The number of hydrogen-bond donors (Lipinski definition) is 2. The summed E-state index contributed by atoms with van der Waals surface area (Å²) in [4.78, 5) is 36.4. The number of rotatable bonds is 4. The van der Waals surface area contributed by atoms with Gasteiger partial charge in [0.2, 0.25) is 11.8 Å². The summed E-state index contributed by atoms with van der Waals surface area (Å²) in [5.41, 5.74) is 1.20. The second kappa shape index (κ2) is 7.48. The zero-order valence-corrected chi connectivity index (χ0v) is 15.4. The Bertz CT molecular complexity index is 702. The Morgan fingerprint density at radius 2 is 1.77 bits per heavy atom. The van der Waals surface area contributed by atoms with E-state index in [1.54, 1.807) is 0 Å². The third-order valence-corrected chi connectivity index (χ3v) is 5.13. The average Bonchev–Trinajstić information content (AvgIpc) is 2.57. The van der Waals surface area contributed by atoms with Gasteiger partial charge in [0.25, 0.3) is 5.91 Å². The topological polar surface area (TPSA) is 84.5 Å². The molecule has 140 valence electrons. The molecule has 1 saturated carbocycles. The summed E-state index contributed by atoms with van der Waals surface area (Å²) in [6, 6.07) is 5.25. The maximum absolute atomic E-state index is 13.1. The molecule has 26 heavy (non-hydrogen) atoms. The van der Waals surface area contributed by atoms with Crippen molar-refractivity contribution < 1.29 is 19.1 Å². The molecule has 1 aromatic rings. The summed E-state index contributed by atoms with van der Waals surface area (Å²) < 4.78 is 6.25. The van der Waals surface area contributed by atoms with Crippen molar-refractivity contribution in [2.45, 2.75) is 70.4 Å². The van der Waals surface area contributed by atoms with Gasteiger partial charge in [0, 0.05) is 6.42 Å². The first-order chi connectivity index (χ1) is 12.4. The van der Waals surface area contributed by atoms with E-state index in [1.165, 1.54) is 0 Å². The summed E-state index contributed by atoms with van der Waals surface area (Å²) in [5.74, 6) is -0.306. The van der Waals surface area contributed by atoms with Crippen molar-refractivity contribution in [2.24, 2.45) is 0 Å². The lowest BCUT2D eigenvalue weighted by Crippen LogP contribution is -2.59. The molecule has 2 fully saturated rings. The fourth-order valence-corrected chi connectivity index (χ4v) is 3.84. The zero-order chi connectivity index (χ0) is 18.7. The van der Waals surface area contributed by atoms with Crippen molar-refractivity contribution >= 4 is 17.7 Å². The smallest absolute Gasteiger partial charge is 0.264 e. The summed E-state index contributed by atoms with van der Waals surface area (Å²) in [5, 5.41) is 5.10. The van der Waals surface area contributed by atoms with Gasteiger partial charge in [0.1, 0.15) is 11.8 Å². The van der Waals surface area contributed by atoms with Crippen LogP contribution in [0.4, 0.5) is 0 Å². The number of piperidine rings is 1. The van der Waals surface area contributed by atoms with Crippen LogP contribution in [0.15, 0.2) is 18.2 Å². The second-order valence-corrected chi connectivity index (χ2v) is 7.46. The van der Waals surface area contributed by atoms with Crippen molar-refractivity contribution in [1.82, 2.24) is 10.6 Å². The molecule has 1 aliphatic heterocycles. The minimum Gasteiger partial charge on any atom is -0.477 e. The highest BCUT2D eigenvalue weighted by molar-refractivity contribution is 6.02. The maximum atomic E-state index is 13.1. The van der Waals surface area contributed by atoms with E-state index in [1.807, 2.05) is 26.0 Å². The number of aryl methyl sites for hydroxylation is 2. The SMILES string of the molecule is Cc1cc(C)cc(OC2(C(=O)NC3CCC(=O)NC3=O)CCCCC2)c1. The van der Waals surface area contributed by atoms with Gasteiger partial charge in [0.15, 0.2) is 5.60 Å². The third kappa shape index (κ3) is 4.06. The van der Waals surface area contributed by atoms with Gasteiger partial charge < -0.3 is 10.1 Å².